The SMILES string of the molecule is C=C/C=C(/c1cccc(F)c1)c1cc(-c2n[nH]c3cnc(C(/C=C(\C=C)CCCN4CCCC4)=C/C)cc23)[nH]c1C.CC. The second kappa shape index (κ2) is 15.3. The van der Waals surface area contributed by atoms with E-state index in [1.807, 2.05) is 52.1 Å². The number of allylic oxidation sites excluding steroid dienone is 7. The number of nitrogens with zero attached hydrogens (tertiary/aromatic N) is 3. The van der Waals surface area contributed by atoms with Crippen molar-refractivity contribution in [1.29, 1.82) is 0 Å². The van der Waals surface area contributed by atoms with E-state index < -0.39 is 0 Å². The molecule has 0 amide bonds. The van der Waals surface area contributed by atoms with Crippen LogP contribution in [0.5, 0.6) is 0 Å². The molecule has 1 fully saturated rings. The maximum absolute atomic E-state index is 14.0. The Morgan fingerprint density at radius 3 is 2.60 bits per heavy atom. The first-order valence-electron chi connectivity index (χ1n) is 15.4. The second-order valence-electron chi connectivity index (χ2n) is 10.6. The predicted molar refractivity (Wildman–Crippen MR) is 180 cm³/mol. The molecule has 3 aromatic heterocycles. The van der Waals surface area contributed by atoms with Gasteiger partial charge in [0.15, 0.2) is 0 Å². The maximum Gasteiger partial charge on any atom is 0.123 e. The Labute approximate surface area is 255 Å². The fraction of sp³-hybridized carbons (Fsp3) is 0.297. The second-order valence-corrected chi connectivity index (χ2v) is 10.6. The lowest BCUT2D eigenvalue weighted by Crippen LogP contribution is -2.20. The normalized spacial score (nSPS) is 14.6. The van der Waals surface area contributed by atoms with Crippen LogP contribution in [0.3, 0.4) is 0 Å². The summed E-state index contributed by atoms with van der Waals surface area (Å²) < 4.78 is 14.0. The standard InChI is InChI=1S/C35H38FN5.C2H6/c1-5-12-29(27-14-10-15-28(36)20-27)30-21-33(38-24(30)4)35-31-22-32(37-23-34(31)39-40-35)26(7-3)19-25(6-2)13-11-18-41-16-8-9-17-41;1-2/h5-7,10,12,14-15,19-23,38H,1-2,8-9,11,13,16-18H2,3-4H3,(H,39,40);1-2H3/b25-19+,26-7+,29-12-;. The zero-order valence-electron chi connectivity index (χ0n) is 26.0. The number of aromatic nitrogens is 4. The number of pyridine rings is 1. The monoisotopic (exact) mass is 577 g/mol. The summed E-state index contributed by atoms with van der Waals surface area (Å²) in [5.74, 6) is -0.274. The molecule has 0 unspecified atom stereocenters. The predicted octanol–water partition coefficient (Wildman–Crippen LogP) is 9.44. The Bertz CT molecular complexity index is 1640. The van der Waals surface area contributed by atoms with E-state index in [2.05, 4.69) is 57.5 Å². The molecule has 4 heterocycles. The first-order chi connectivity index (χ1) is 21.0. The third-order valence-corrected chi connectivity index (χ3v) is 7.78. The van der Waals surface area contributed by atoms with E-state index in [4.69, 9.17) is 4.98 Å². The zero-order chi connectivity index (χ0) is 30.8. The highest BCUT2D eigenvalue weighted by atomic mass is 19.1. The molecule has 2 N–H and O–H groups in total. The number of aromatic amines is 2. The van der Waals surface area contributed by atoms with Crippen molar-refractivity contribution in [2.75, 3.05) is 19.6 Å². The fourth-order valence-corrected chi connectivity index (χ4v) is 5.61. The lowest BCUT2D eigenvalue weighted by molar-refractivity contribution is 0.334. The molecular formula is C37H44FN5. The minimum atomic E-state index is -0.274. The van der Waals surface area contributed by atoms with E-state index in [1.54, 1.807) is 18.2 Å². The molecule has 0 saturated carbocycles. The van der Waals surface area contributed by atoms with Crippen molar-refractivity contribution in [3.05, 3.63) is 120 Å². The van der Waals surface area contributed by atoms with Crippen LogP contribution in [-0.2, 0) is 0 Å². The van der Waals surface area contributed by atoms with Crippen LogP contribution in [-0.4, -0.2) is 44.7 Å². The molecular weight excluding hydrogens is 533 g/mol. The molecule has 1 saturated heterocycles. The van der Waals surface area contributed by atoms with Crippen molar-refractivity contribution in [2.24, 2.45) is 0 Å². The summed E-state index contributed by atoms with van der Waals surface area (Å²) in [6.45, 7) is 19.6. The van der Waals surface area contributed by atoms with Crippen molar-refractivity contribution >= 4 is 22.0 Å². The van der Waals surface area contributed by atoms with E-state index in [-0.39, 0.29) is 5.82 Å². The molecule has 0 spiro atoms. The number of hydrogen-bond donors (Lipinski definition) is 2. The fourth-order valence-electron chi connectivity index (χ4n) is 5.61. The zero-order valence-corrected chi connectivity index (χ0v) is 26.0. The number of benzene rings is 1. The van der Waals surface area contributed by atoms with Crippen LogP contribution in [0.25, 0.3) is 33.4 Å². The number of halogens is 1. The van der Waals surface area contributed by atoms with Gasteiger partial charge in [0.2, 0.25) is 0 Å². The van der Waals surface area contributed by atoms with Gasteiger partial charge in [0.25, 0.3) is 0 Å². The summed E-state index contributed by atoms with van der Waals surface area (Å²) in [6.07, 6.45) is 16.5. The highest BCUT2D eigenvalue weighted by Crippen LogP contribution is 2.34. The Morgan fingerprint density at radius 1 is 1.12 bits per heavy atom. The topological polar surface area (TPSA) is 60.6 Å². The van der Waals surface area contributed by atoms with Gasteiger partial charge in [-0.1, -0.05) is 63.4 Å². The van der Waals surface area contributed by atoms with Crippen LogP contribution < -0.4 is 0 Å². The Morgan fingerprint density at radius 2 is 1.91 bits per heavy atom. The highest BCUT2D eigenvalue weighted by molar-refractivity contribution is 5.95. The van der Waals surface area contributed by atoms with Crippen LogP contribution in [0, 0.1) is 12.7 Å². The van der Waals surface area contributed by atoms with E-state index >= 15 is 0 Å². The number of nitrogens with one attached hydrogen (secondary N) is 2. The van der Waals surface area contributed by atoms with Crippen LogP contribution in [0.15, 0.2) is 91.7 Å². The molecule has 5 nitrogen and oxygen atoms in total. The largest absolute Gasteiger partial charge is 0.357 e. The van der Waals surface area contributed by atoms with Gasteiger partial charge in [-0.15, -0.1) is 0 Å². The number of hydrogen-bond acceptors (Lipinski definition) is 3. The minimum Gasteiger partial charge on any atom is -0.357 e. The summed E-state index contributed by atoms with van der Waals surface area (Å²) in [7, 11) is 0. The molecule has 1 aliphatic heterocycles. The van der Waals surface area contributed by atoms with E-state index in [9.17, 15) is 4.39 Å². The first kappa shape index (κ1) is 31.6. The summed E-state index contributed by atoms with van der Waals surface area (Å²) in [5, 5.41) is 8.75. The van der Waals surface area contributed by atoms with E-state index in [0.29, 0.717) is 0 Å². The van der Waals surface area contributed by atoms with E-state index in [0.717, 1.165) is 75.3 Å². The average molecular weight is 578 g/mol. The number of H-pyrrole nitrogens is 2. The number of rotatable bonds is 11. The lowest BCUT2D eigenvalue weighted by atomic mass is 9.97. The van der Waals surface area contributed by atoms with Crippen molar-refractivity contribution in [1.82, 2.24) is 25.1 Å². The maximum atomic E-state index is 14.0. The van der Waals surface area contributed by atoms with Gasteiger partial charge < -0.3 is 9.88 Å². The molecule has 0 radical (unpaired) electrons. The van der Waals surface area contributed by atoms with Gasteiger partial charge in [-0.3, -0.25) is 10.1 Å². The van der Waals surface area contributed by atoms with Gasteiger partial charge in [0.1, 0.15) is 11.5 Å². The summed E-state index contributed by atoms with van der Waals surface area (Å²) in [6, 6.07) is 10.8. The van der Waals surface area contributed by atoms with E-state index in [1.165, 1.54) is 37.6 Å². The highest BCUT2D eigenvalue weighted by Gasteiger charge is 2.17. The Balaban J connectivity index is 0.00000207. The summed E-state index contributed by atoms with van der Waals surface area (Å²) in [5.41, 5.74) is 9.32. The minimum absolute atomic E-state index is 0.274. The molecule has 0 atom stereocenters. The number of likely N-dealkylation sites (tertiary alicyclic amines) is 1. The van der Waals surface area contributed by atoms with Crippen LogP contribution in [0.4, 0.5) is 4.39 Å². The Hall–Kier alpha value is -4.29. The molecule has 1 aliphatic rings. The van der Waals surface area contributed by atoms with Crippen molar-refractivity contribution in [3.63, 3.8) is 0 Å². The smallest absolute Gasteiger partial charge is 0.123 e. The van der Waals surface area contributed by atoms with Crippen molar-refractivity contribution < 1.29 is 4.39 Å². The average Bonchev–Trinajstić information content (AvgIpc) is 3.79. The molecule has 0 aliphatic carbocycles. The third-order valence-electron chi connectivity index (χ3n) is 7.78. The molecule has 43 heavy (non-hydrogen) atoms. The number of fused-ring (bicyclic) bond motifs is 1. The van der Waals surface area contributed by atoms with Crippen LogP contribution in [0.2, 0.25) is 0 Å². The molecule has 1 aromatic carbocycles. The van der Waals surface area contributed by atoms with Crippen molar-refractivity contribution in [2.45, 2.75) is 53.4 Å². The van der Waals surface area contributed by atoms with Gasteiger partial charge in [0.05, 0.1) is 23.1 Å². The van der Waals surface area contributed by atoms with Crippen molar-refractivity contribution in [3.8, 4) is 11.4 Å². The van der Waals surface area contributed by atoms with Crippen LogP contribution >= 0.6 is 0 Å². The van der Waals surface area contributed by atoms with Gasteiger partial charge in [-0.05, 0) is 112 Å². The quantitative estimate of drug-likeness (QED) is 0.175. The summed E-state index contributed by atoms with van der Waals surface area (Å²) >= 11 is 0. The van der Waals surface area contributed by atoms with Gasteiger partial charge in [0, 0.05) is 16.6 Å². The van der Waals surface area contributed by atoms with Crippen LogP contribution in [0.1, 0.15) is 69.0 Å². The lowest BCUT2D eigenvalue weighted by Gasteiger charge is -2.14. The first-order valence-corrected chi connectivity index (χ1v) is 15.4. The van der Waals surface area contributed by atoms with Gasteiger partial charge >= 0.3 is 0 Å². The summed E-state index contributed by atoms with van der Waals surface area (Å²) in [4.78, 5) is 10.8. The van der Waals surface area contributed by atoms with Gasteiger partial charge in [-0.2, -0.15) is 5.10 Å². The number of aryl methyl sites for hydroxylation is 1. The third kappa shape index (κ3) is 7.57. The molecule has 0 bridgehead atoms. The molecule has 4 aromatic rings. The molecule has 5 rings (SSSR count). The molecule has 6 heteroatoms. The Kier molecular flexibility index (Phi) is 11.2. The molecule has 224 valence electrons. The van der Waals surface area contributed by atoms with Gasteiger partial charge in [-0.25, -0.2) is 4.39 Å².